The highest BCUT2D eigenvalue weighted by Gasteiger charge is 2.14. The summed E-state index contributed by atoms with van der Waals surface area (Å²) in [5.74, 6) is 2.10. The Morgan fingerprint density at radius 2 is 2.05 bits per heavy atom. The highest BCUT2D eigenvalue weighted by molar-refractivity contribution is 8.00. The molecule has 0 bridgehead atoms. The van der Waals surface area contributed by atoms with Crippen LogP contribution in [0, 0.1) is 0 Å². The molecule has 22 heavy (non-hydrogen) atoms. The van der Waals surface area contributed by atoms with Crippen molar-refractivity contribution in [3.8, 4) is 11.5 Å². The van der Waals surface area contributed by atoms with Crippen molar-refractivity contribution in [3.63, 3.8) is 0 Å². The minimum Gasteiger partial charge on any atom is -0.490 e. The molecule has 0 saturated heterocycles. The van der Waals surface area contributed by atoms with Crippen LogP contribution in [0.4, 0.5) is 0 Å². The lowest BCUT2D eigenvalue weighted by atomic mass is 10.3. The quantitative estimate of drug-likeness (QED) is 0.595. The Balaban J connectivity index is 1.95. The predicted molar refractivity (Wildman–Crippen MR) is 89.8 cm³/mol. The molecule has 120 valence electrons. The summed E-state index contributed by atoms with van der Waals surface area (Å²) in [6.45, 7) is 10.5. The molecule has 1 aliphatic rings. The minimum absolute atomic E-state index is 0.127. The van der Waals surface area contributed by atoms with Gasteiger partial charge in [0.25, 0.3) is 0 Å². The molecule has 0 unspecified atom stereocenters. The summed E-state index contributed by atoms with van der Waals surface area (Å²) in [4.78, 5) is 15.1. The predicted octanol–water partition coefficient (Wildman–Crippen LogP) is 3.36. The Kier molecular flexibility index (Phi) is 6.19. The van der Waals surface area contributed by atoms with Gasteiger partial charge < -0.3 is 14.4 Å². The first-order valence-corrected chi connectivity index (χ1v) is 8.53. The van der Waals surface area contributed by atoms with Crippen LogP contribution in [0.3, 0.4) is 0 Å². The zero-order chi connectivity index (χ0) is 15.9. The SMILES string of the molecule is C=C(C)CN(CC)C(=O)CSc1ccc2c(c1)OCCCO2. The average Bonchev–Trinajstić information content (AvgIpc) is 2.74. The highest BCUT2D eigenvalue weighted by Crippen LogP contribution is 2.33. The number of nitrogens with zero attached hydrogens (tertiary/aromatic N) is 1. The number of hydrogen-bond donors (Lipinski definition) is 0. The van der Waals surface area contributed by atoms with Crippen LogP contribution in [-0.2, 0) is 4.79 Å². The number of ether oxygens (including phenoxy) is 2. The number of likely N-dealkylation sites (N-methyl/N-ethyl adjacent to an activating group) is 1. The van der Waals surface area contributed by atoms with Gasteiger partial charge in [-0.05, 0) is 32.0 Å². The molecular formula is C17H23NO3S. The maximum Gasteiger partial charge on any atom is 0.233 e. The molecule has 5 heteroatoms. The molecule has 1 aliphatic heterocycles. The van der Waals surface area contributed by atoms with E-state index in [9.17, 15) is 4.79 Å². The molecule has 0 fully saturated rings. The first-order chi connectivity index (χ1) is 10.6. The van der Waals surface area contributed by atoms with E-state index < -0.39 is 0 Å². The van der Waals surface area contributed by atoms with Gasteiger partial charge in [-0.2, -0.15) is 0 Å². The molecular weight excluding hydrogens is 298 g/mol. The van der Waals surface area contributed by atoms with Crippen LogP contribution in [0.1, 0.15) is 20.3 Å². The lowest BCUT2D eigenvalue weighted by molar-refractivity contribution is -0.127. The molecule has 1 heterocycles. The molecule has 0 saturated carbocycles. The molecule has 1 aromatic carbocycles. The van der Waals surface area contributed by atoms with Crippen LogP contribution in [0.5, 0.6) is 11.5 Å². The zero-order valence-electron chi connectivity index (χ0n) is 13.3. The third-order valence-corrected chi connectivity index (χ3v) is 4.26. The summed E-state index contributed by atoms with van der Waals surface area (Å²) in [7, 11) is 0. The van der Waals surface area contributed by atoms with E-state index in [0.717, 1.165) is 28.4 Å². The Morgan fingerprint density at radius 1 is 1.32 bits per heavy atom. The van der Waals surface area contributed by atoms with Crippen molar-refractivity contribution in [2.24, 2.45) is 0 Å². The average molecular weight is 321 g/mol. The van der Waals surface area contributed by atoms with Crippen molar-refractivity contribution in [3.05, 3.63) is 30.4 Å². The van der Waals surface area contributed by atoms with Gasteiger partial charge in [-0.25, -0.2) is 0 Å². The van der Waals surface area contributed by atoms with Gasteiger partial charge in [-0.3, -0.25) is 4.79 Å². The summed E-state index contributed by atoms with van der Waals surface area (Å²) in [6.07, 6.45) is 0.891. The first kappa shape index (κ1) is 16.7. The molecule has 4 nitrogen and oxygen atoms in total. The number of rotatable bonds is 6. The topological polar surface area (TPSA) is 38.8 Å². The van der Waals surface area contributed by atoms with E-state index >= 15 is 0 Å². The fourth-order valence-electron chi connectivity index (χ4n) is 2.17. The summed E-state index contributed by atoms with van der Waals surface area (Å²) >= 11 is 1.52. The number of hydrogen-bond acceptors (Lipinski definition) is 4. The monoisotopic (exact) mass is 321 g/mol. The molecule has 1 amide bonds. The van der Waals surface area contributed by atoms with Gasteiger partial charge in [0.2, 0.25) is 5.91 Å². The molecule has 0 spiro atoms. The van der Waals surface area contributed by atoms with Gasteiger partial charge in [0.1, 0.15) is 0 Å². The van der Waals surface area contributed by atoms with E-state index in [0.29, 0.717) is 32.1 Å². The maximum absolute atomic E-state index is 12.2. The molecule has 0 N–H and O–H groups in total. The number of benzene rings is 1. The van der Waals surface area contributed by atoms with Crippen molar-refractivity contribution in [2.45, 2.75) is 25.2 Å². The van der Waals surface area contributed by atoms with Crippen molar-refractivity contribution >= 4 is 17.7 Å². The standard InChI is InChI=1S/C17H23NO3S/c1-4-18(11-13(2)3)17(19)12-22-14-6-7-15-16(10-14)21-9-5-8-20-15/h6-7,10H,2,4-5,8-9,11-12H2,1,3H3. The third-order valence-electron chi connectivity index (χ3n) is 3.28. The normalized spacial score (nSPS) is 13.4. The van der Waals surface area contributed by atoms with Crippen LogP contribution in [-0.4, -0.2) is 42.9 Å². The van der Waals surface area contributed by atoms with E-state index in [2.05, 4.69) is 6.58 Å². The number of fused-ring (bicyclic) bond motifs is 1. The molecule has 2 rings (SSSR count). The van der Waals surface area contributed by atoms with Gasteiger partial charge >= 0.3 is 0 Å². The van der Waals surface area contributed by atoms with Gasteiger partial charge in [0.05, 0.1) is 19.0 Å². The molecule has 0 radical (unpaired) electrons. The fraction of sp³-hybridized carbons (Fsp3) is 0.471. The van der Waals surface area contributed by atoms with Crippen LogP contribution >= 0.6 is 11.8 Å². The van der Waals surface area contributed by atoms with Gasteiger partial charge in [0, 0.05) is 24.4 Å². The first-order valence-electron chi connectivity index (χ1n) is 7.54. The second kappa shape index (κ2) is 8.13. The molecule has 0 aromatic heterocycles. The summed E-state index contributed by atoms with van der Waals surface area (Å²) < 4.78 is 11.3. The third kappa shape index (κ3) is 4.70. The molecule has 1 aromatic rings. The number of amides is 1. The van der Waals surface area contributed by atoms with Gasteiger partial charge in [-0.1, -0.05) is 12.2 Å². The Morgan fingerprint density at radius 3 is 2.73 bits per heavy atom. The smallest absolute Gasteiger partial charge is 0.233 e. The van der Waals surface area contributed by atoms with Gasteiger partial charge in [0.15, 0.2) is 11.5 Å². The second-order valence-corrected chi connectivity index (χ2v) is 6.36. The van der Waals surface area contributed by atoms with Crippen LogP contribution in [0.15, 0.2) is 35.2 Å². The van der Waals surface area contributed by atoms with Crippen molar-refractivity contribution in [1.29, 1.82) is 0 Å². The minimum atomic E-state index is 0.127. The lowest BCUT2D eigenvalue weighted by Gasteiger charge is -2.20. The number of thioether (sulfide) groups is 1. The van der Waals surface area contributed by atoms with E-state index in [1.54, 1.807) is 0 Å². The lowest BCUT2D eigenvalue weighted by Crippen LogP contribution is -2.33. The number of carbonyl (C=O) groups excluding carboxylic acids is 1. The fourth-order valence-corrected chi connectivity index (χ4v) is 3.00. The van der Waals surface area contributed by atoms with Crippen molar-refractivity contribution in [1.82, 2.24) is 4.90 Å². The summed E-state index contributed by atoms with van der Waals surface area (Å²) in [5.41, 5.74) is 0.996. The highest BCUT2D eigenvalue weighted by atomic mass is 32.2. The van der Waals surface area contributed by atoms with Crippen LogP contribution in [0.25, 0.3) is 0 Å². The largest absolute Gasteiger partial charge is 0.490 e. The maximum atomic E-state index is 12.2. The number of carbonyl (C=O) groups is 1. The Labute approximate surface area is 136 Å². The molecule has 0 aliphatic carbocycles. The summed E-state index contributed by atoms with van der Waals surface area (Å²) in [5, 5.41) is 0. The van der Waals surface area contributed by atoms with Crippen molar-refractivity contribution < 1.29 is 14.3 Å². The van der Waals surface area contributed by atoms with E-state index in [1.165, 1.54) is 11.8 Å². The Hall–Kier alpha value is -1.62. The van der Waals surface area contributed by atoms with Crippen LogP contribution in [0.2, 0.25) is 0 Å². The van der Waals surface area contributed by atoms with Crippen LogP contribution < -0.4 is 9.47 Å². The molecule has 0 atom stereocenters. The van der Waals surface area contributed by atoms with E-state index in [4.69, 9.17) is 9.47 Å². The zero-order valence-corrected chi connectivity index (χ0v) is 14.1. The summed E-state index contributed by atoms with van der Waals surface area (Å²) in [6, 6.07) is 5.84. The van der Waals surface area contributed by atoms with E-state index in [1.807, 2.05) is 36.9 Å². The van der Waals surface area contributed by atoms with E-state index in [-0.39, 0.29) is 5.91 Å². The second-order valence-electron chi connectivity index (χ2n) is 5.31. The Bertz CT molecular complexity index is 545. The van der Waals surface area contributed by atoms with Gasteiger partial charge in [-0.15, -0.1) is 11.8 Å². The van der Waals surface area contributed by atoms with Crippen molar-refractivity contribution in [2.75, 3.05) is 32.1 Å².